The highest BCUT2D eigenvalue weighted by Crippen LogP contribution is 2.39. The molecule has 3 aliphatic rings. The molecule has 3 saturated heterocycles. The Bertz CT molecular complexity index is 1020. The Morgan fingerprint density at radius 2 is 1.80 bits per heavy atom. The highest BCUT2D eigenvalue weighted by Gasteiger charge is 2.47. The summed E-state index contributed by atoms with van der Waals surface area (Å²) in [5.74, 6) is 0.171. The van der Waals surface area contributed by atoms with Crippen LogP contribution < -0.4 is 4.90 Å². The minimum atomic E-state index is -4.50. The van der Waals surface area contributed by atoms with Crippen LogP contribution >= 0.6 is 0 Å². The molecule has 4 heterocycles. The molecule has 0 spiro atoms. The molecule has 0 saturated carbocycles. The van der Waals surface area contributed by atoms with Gasteiger partial charge in [-0.2, -0.15) is 13.2 Å². The molecular formula is C28H45F3N4O5Si. The number of ether oxygens (including phenoxy) is 3. The van der Waals surface area contributed by atoms with Crippen molar-refractivity contribution in [1.29, 1.82) is 0 Å². The SMILES string of the molecule is C[C@@H](COC1CCN([C@@H]2CCN(c3ncc(C(F)(F)F)cn3)C[C@H]2O[Si](C)(C)C(C)(C)C)C1=O)OC1CCCCO1. The number of hydrogen-bond donors (Lipinski definition) is 0. The van der Waals surface area contributed by atoms with Crippen LogP contribution in [0.25, 0.3) is 0 Å². The Balaban J connectivity index is 1.42. The predicted molar refractivity (Wildman–Crippen MR) is 150 cm³/mol. The quantitative estimate of drug-likeness (QED) is 0.365. The topological polar surface area (TPSA) is 86.2 Å². The lowest BCUT2D eigenvalue weighted by Gasteiger charge is -2.47. The Kier molecular flexibility index (Phi) is 10.0. The fourth-order valence-electron chi connectivity index (χ4n) is 5.27. The maximum atomic E-state index is 13.5. The zero-order chi connectivity index (χ0) is 30.0. The van der Waals surface area contributed by atoms with Gasteiger partial charge in [-0.15, -0.1) is 0 Å². The molecule has 3 fully saturated rings. The standard InChI is InChI=1S/C28H45F3N4O5Si/c1-19(39-24-9-7-8-14-37-24)18-38-22-11-13-35(25(22)36)21-10-12-34(17-23(21)40-41(5,6)27(2,3)4)26-32-15-20(16-33-26)28(29,30)31/h15-16,19,21-24H,7-14,17-18H2,1-6H3/t19-,21+,22?,23+,24?/m0/s1. The summed E-state index contributed by atoms with van der Waals surface area (Å²) in [7, 11) is -2.25. The van der Waals surface area contributed by atoms with Crippen molar-refractivity contribution in [2.24, 2.45) is 0 Å². The summed E-state index contributed by atoms with van der Waals surface area (Å²) in [6, 6.07) is -0.180. The van der Waals surface area contributed by atoms with E-state index in [0.717, 1.165) is 31.7 Å². The van der Waals surface area contributed by atoms with Crippen molar-refractivity contribution in [1.82, 2.24) is 14.9 Å². The Labute approximate surface area is 242 Å². The summed E-state index contributed by atoms with van der Waals surface area (Å²) in [4.78, 5) is 25.3. The number of piperidine rings is 1. The number of likely N-dealkylation sites (tertiary alicyclic amines) is 1. The van der Waals surface area contributed by atoms with Crippen LogP contribution in [0.4, 0.5) is 19.1 Å². The molecule has 0 aromatic carbocycles. The van der Waals surface area contributed by atoms with Gasteiger partial charge in [-0.1, -0.05) is 20.8 Å². The molecule has 3 aliphatic heterocycles. The number of alkyl halides is 3. The zero-order valence-electron chi connectivity index (χ0n) is 25.1. The molecule has 4 rings (SSSR count). The number of rotatable bonds is 9. The van der Waals surface area contributed by atoms with Crippen molar-refractivity contribution in [3.05, 3.63) is 18.0 Å². The third-order valence-electron chi connectivity index (χ3n) is 8.67. The number of carbonyl (C=O) groups excluding carboxylic acids is 1. The van der Waals surface area contributed by atoms with Gasteiger partial charge >= 0.3 is 6.18 Å². The summed E-state index contributed by atoms with van der Waals surface area (Å²) in [5.41, 5.74) is -0.884. The molecule has 0 radical (unpaired) electrons. The fraction of sp³-hybridized carbons (Fsp3) is 0.821. The first kappa shape index (κ1) is 32.1. The smallest absolute Gasteiger partial charge is 0.410 e. The lowest BCUT2D eigenvalue weighted by Crippen LogP contribution is -2.60. The van der Waals surface area contributed by atoms with E-state index in [1.807, 2.05) is 16.7 Å². The third-order valence-corrected chi connectivity index (χ3v) is 13.2. The second-order valence-electron chi connectivity index (χ2n) is 12.9. The van der Waals surface area contributed by atoms with Gasteiger partial charge in [-0.25, -0.2) is 9.97 Å². The van der Waals surface area contributed by atoms with Crippen molar-refractivity contribution in [3.63, 3.8) is 0 Å². The van der Waals surface area contributed by atoms with Crippen molar-refractivity contribution in [3.8, 4) is 0 Å². The van der Waals surface area contributed by atoms with E-state index in [0.29, 0.717) is 45.7 Å². The van der Waals surface area contributed by atoms with Crippen molar-refractivity contribution < 1.29 is 36.6 Å². The monoisotopic (exact) mass is 602 g/mol. The molecular weight excluding hydrogens is 557 g/mol. The molecule has 5 atom stereocenters. The van der Waals surface area contributed by atoms with Crippen molar-refractivity contribution in [2.75, 3.05) is 37.7 Å². The third kappa shape index (κ3) is 7.98. The maximum Gasteiger partial charge on any atom is 0.419 e. The molecule has 0 aliphatic carbocycles. The first-order valence-electron chi connectivity index (χ1n) is 14.7. The first-order valence-corrected chi connectivity index (χ1v) is 17.6. The molecule has 1 aromatic heterocycles. The number of carbonyl (C=O) groups is 1. The lowest BCUT2D eigenvalue weighted by atomic mass is 10.0. The van der Waals surface area contributed by atoms with Crippen molar-refractivity contribution in [2.45, 2.75) is 115 Å². The number of hydrogen-bond acceptors (Lipinski definition) is 8. The average molecular weight is 603 g/mol. The van der Waals surface area contributed by atoms with E-state index in [1.54, 1.807) is 0 Å². The molecule has 13 heteroatoms. The van der Waals surface area contributed by atoms with Crippen LogP contribution in [0.2, 0.25) is 18.1 Å². The van der Waals surface area contributed by atoms with Gasteiger partial charge in [0.2, 0.25) is 5.95 Å². The van der Waals surface area contributed by atoms with E-state index in [2.05, 4.69) is 43.8 Å². The minimum Gasteiger partial charge on any atom is -0.410 e. The molecule has 41 heavy (non-hydrogen) atoms. The largest absolute Gasteiger partial charge is 0.419 e. The molecule has 0 bridgehead atoms. The van der Waals surface area contributed by atoms with Crippen LogP contribution in [0, 0.1) is 0 Å². The maximum absolute atomic E-state index is 13.5. The van der Waals surface area contributed by atoms with Crippen molar-refractivity contribution >= 4 is 20.2 Å². The summed E-state index contributed by atoms with van der Waals surface area (Å²) in [5, 5.41) is -0.0659. The van der Waals surface area contributed by atoms with Crippen LogP contribution in [0.5, 0.6) is 0 Å². The second-order valence-corrected chi connectivity index (χ2v) is 17.6. The normalized spacial score (nSPS) is 27.4. The number of nitrogens with zero attached hydrogens (tertiary/aromatic N) is 4. The molecule has 232 valence electrons. The van der Waals surface area contributed by atoms with E-state index >= 15 is 0 Å². The zero-order valence-corrected chi connectivity index (χ0v) is 26.1. The Hall–Kier alpha value is -1.80. The van der Waals surface area contributed by atoms with E-state index < -0.39 is 26.2 Å². The number of amides is 1. The minimum absolute atomic E-state index is 0.0563. The van der Waals surface area contributed by atoms with E-state index in [9.17, 15) is 18.0 Å². The van der Waals surface area contributed by atoms with E-state index in [-0.39, 0.29) is 41.4 Å². The Morgan fingerprint density at radius 1 is 1.10 bits per heavy atom. The Morgan fingerprint density at radius 3 is 2.41 bits per heavy atom. The highest BCUT2D eigenvalue weighted by molar-refractivity contribution is 6.74. The number of anilines is 1. The molecule has 9 nitrogen and oxygen atoms in total. The lowest BCUT2D eigenvalue weighted by molar-refractivity contribution is -0.196. The van der Waals surface area contributed by atoms with Crippen LogP contribution in [0.15, 0.2) is 12.4 Å². The molecule has 2 unspecified atom stereocenters. The number of halogens is 3. The van der Waals surface area contributed by atoms with Crippen LogP contribution in [0.3, 0.4) is 0 Å². The molecule has 1 amide bonds. The second kappa shape index (κ2) is 12.8. The van der Waals surface area contributed by atoms with Gasteiger partial charge < -0.3 is 28.4 Å². The fourth-order valence-corrected chi connectivity index (χ4v) is 6.61. The van der Waals surface area contributed by atoms with Gasteiger partial charge in [0.1, 0.15) is 6.10 Å². The van der Waals surface area contributed by atoms with Gasteiger partial charge in [0.15, 0.2) is 14.6 Å². The molecule has 1 aromatic rings. The van der Waals surface area contributed by atoms with Gasteiger partial charge in [0.25, 0.3) is 5.91 Å². The number of aromatic nitrogens is 2. The summed E-state index contributed by atoms with van der Waals surface area (Å²) in [6.07, 6.45) is -0.00229. The van der Waals surface area contributed by atoms with E-state index in [1.165, 1.54) is 0 Å². The van der Waals surface area contributed by atoms with Crippen LogP contribution in [-0.4, -0.2) is 92.6 Å². The van der Waals surface area contributed by atoms with Crippen LogP contribution in [0.1, 0.15) is 65.4 Å². The van der Waals surface area contributed by atoms with Gasteiger partial charge in [-0.05, 0) is 50.7 Å². The van der Waals surface area contributed by atoms with Crippen LogP contribution in [-0.2, 0) is 29.6 Å². The predicted octanol–water partition coefficient (Wildman–Crippen LogP) is 5.01. The highest BCUT2D eigenvalue weighted by atomic mass is 28.4. The summed E-state index contributed by atoms with van der Waals surface area (Å²) < 4.78 is 63.6. The first-order chi connectivity index (χ1) is 19.2. The van der Waals surface area contributed by atoms with Gasteiger partial charge in [0, 0.05) is 45.1 Å². The summed E-state index contributed by atoms with van der Waals surface area (Å²) >= 11 is 0. The average Bonchev–Trinajstić information content (AvgIpc) is 3.26. The summed E-state index contributed by atoms with van der Waals surface area (Å²) in [6.45, 7) is 15.1. The van der Waals surface area contributed by atoms with Gasteiger partial charge in [0.05, 0.1) is 30.4 Å². The van der Waals surface area contributed by atoms with E-state index in [4.69, 9.17) is 18.6 Å². The van der Waals surface area contributed by atoms with Gasteiger partial charge in [-0.3, -0.25) is 4.79 Å². The molecule has 0 N–H and O–H groups in total.